The van der Waals surface area contributed by atoms with Gasteiger partial charge in [-0.25, -0.2) is 0 Å². The van der Waals surface area contributed by atoms with Gasteiger partial charge in [0.1, 0.15) is 0 Å². The summed E-state index contributed by atoms with van der Waals surface area (Å²) in [4.78, 5) is 35.4. The quantitative estimate of drug-likeness (QED) is 0.765. The molecule has 1 aromatic rings. The van der Waals surface area contributed by atoms with Gasteiger partial charge in [-0.2, -0.15) is 0 Å². The van der Waals surface area contributed by atoms with Gasteiger partial charge in [0, 0.05) is 17.3 Å². The minimum Gasteiger partial charge on any atom is -0.481 e. The third-order valence-corrected chi connectivity index (χ3v) is 5.28. The van der Waals surface area contributed by atoms with Crippen molar-refractivity contribution in [3.63, 3.8) is 0 Å². The van der Waals surface area contributed by atoms with Gasteiger partial charge in [0.05, 0.1) is 11.8 Å². The number of carbonyl (C=O) groups is 3. The van der Waals surface area contributed by atoms with E-state index in [0.717, 1.165) is 25.7 Å². The van der Waals surface area contributed by atoms with Crippen molar-refractivity contribution >= 4 is 23.5 Å². The summed E-state index contributed by atoms with van der Waals surface area (Å²) in [5, 5.41) is 14.8. The Morgan fingerprint density at radius 2 is 1.52 bits per heavy atom. The first-order valence-electron chi connectivity index (χ1n) is 8.99. The minimum absolute atomic E-state index is 0.0882. The zero-order valence-electron chi connectivity index (χ0n) is 14.2. The topological polar surface area (TPSA) is 95.5 Å². The minimum atomic E-state index is -0.916. The maximum atomic E-state index is 12.3. The van der Waals surface area contributed by atoms with E-state index in [1.807, 2.05) is 0 Å². The van der Waals surface area contributed by atoms with E-state index in [0.29, 0.717) is 24.1 Å². The molecule has 3 rings (SSSR count). The highest BCUT2D eigenvalue weighted by Crippen LogP contribution is 2.35. The molecule has 1 aromatic carbocycles. The van der Waals surface area contributed by atoms with Crippen LogP contribution in [0.5, 0.6) is 0 Å². The van der Waals surface area contributed by atoms with Crippen LogP contribution in [0.3, 0.4) is 0 Å². The fraction of sp³-hybridized carbons (Fsp3) is 0.526. The average Bonchev–Trinajstić information content (AvgIpc) is 2.54. The lowest BCUT2D eigenvalue weighted by atomic mass is 9.73. The Kier molecular flexibility index (Phi) is 5.36. The van der Waals surface area contributed by atoms with Gasteiger partial charge >= 0.3 is 5.97 Å². The van der Waals surface area contributed by atoms with Gasteiger partial charge in [0.2, 0.25) is 5.91 Å². The van der Waals surface area contributed by atoms with Gasteiger partial charge in [-0.3, -0.25) is 14.4 Å². The number of carboxylic acid groups (broad SMARTS) is 1. The first kappa shape index (κ1) is 17.5. The van der Waals surface area contributed by atoms with Crippen molar-refractivity contribution in [3.05, 3.63) is 29.8 Å². The number of benzene rings is 1. The molecule has 0 radical (unpaired) electrons. The second kappa shape index (κ2) is 7.68. The number of hydrogen-bond acceptors (Lipinski definition) is 3. The van der Waals surface area contributed by atoms with Crippen LogP contribution < -0.4 is 10.6 Å². The fourth-order valence-electron chi connectivity index (χ4n) is 3.56. The molecular weight excluding hydrogens is 320 g/mol. The van der Waals surface area contributed by atoms with Gasteiger partial charge in [0.15, 0.2) is 0 Å². The molecule has 2 saturated carbocycles. The summed E-state index contributed by atoms with van der Waals surface area (Å²) in [7, 11) is 0. The highest BCUT2D eigenvalue weighted by atomic mass is 16.4. The molecule has 2 atom stereocenters. The predicted molar refractivity (Wildman–Crippen MR) is 93.3 cm³/mol. The molecule has 0 aromatic heterocycles. The molecule has 2 fully saturated rings. The predicted octanol–water partition coefficient (Wildman–Crippen LogP) is 2.80. The van der Waals surface area contributed by atoms with Gasteiger partial charge < -0.3 is 15.7 Å². The highest BCUT2D eigenvalue weighted by molar-refractivity contribution is 5.97. The lowest BCUT2D eigenvalue weighted by Crippen LogP contribution is -2.41. The molecule has 2 aliphatic carbocycles. The Bertz CT molecular complexity index is 650. The standard InChI is InChI=1S/C19H24N2O4/c22-17(20-13-4-2-1-3-5-13)12-6-8-14(9-7-12)21-18(23)15-10-11-16(15)19(24)25/h6-9,13,15-16H,1-5,10-11H2,(H,20,22)(H,21,23)(H,24,25). The Balaban J connectivity index is 1.54. The first-order chi connectivity index (χ1) is 12.0. The van der Waals surface area contributed by atoms with E-state index in [1.165, 1.54) is 6.42 Å². The van der Waals surface area contributed by atoms with Crippen LogP contribution in [0.2, 0.25) is 0 Å². The van der Waals surface area contributed by atoms with Crippen molar-refractivity contribution in [2.45, 2.75) is 51.0 Å². The number of nitrogens with one attached hydrogen (secondary N) is 2. The van der Waals surface area contributed by atoms with Crippen LogP contribution >= 0.6 is 0 Å². The maximum Gasteiger partial charge on any atom is 0.307 e. The van der Waals surface area contributed by atoms with Crippen LogP contribution in [-0.4, -0.2) is 28.9 Å². The molecule has 2 unspecified atom stereocenters. The number of carbonyl (C=O) groups excluding carboxylic acids is 2. The second-order valence-electron chi connectivity index (χ2n) is 7.00. The van der Waals surface area contributed by atoms with Gasteiger partial charge in [-0.15, -0.1) is 0 Å². The van der Waals surface area contributed by atoms with Crippen molar-refractivity contribution < 1.29 is 19.5 Å². The zero-order chi connectivity index (χ0) is 17.8. The molecule has 2 aliphatic rings. The van der Waals surface area contributed by atoms with Crippen LogP contribution in [0.25, 0.3) is 0 Å². The van der Waals surface area contributed by atoms with Crippen molar-refractivity contribution in [2.24, 2.45) is 11.8 Å². The lowest BCUT2D eigenvalue weighted by Gasteiger charge is -2.31. The third-order valence-electron chi connectivity index (χ3n) is 5.28. The van der Waals surface area contributed by atoms with E-state index in [4.69, 9.17) is 5.11 Å². The summed E-state index contributed by atoms with van der Waals surface area (Å²) in [5.41, 5.74) is 1.14. The number of carboxylic acids is 1. The zero-order valence-corrected chi connectivity index (χ0v) is 14.2. The molecule has 2 amide bonds. The van der Waals surface area contributed by atoms with Crippen molar-refractivity contribution in [1.82, 2.24) is 5.32 Å². The third kappa shape index (κ3) is 4.18. The number of amides is 2. The van der Waals surface area contributed by atoms with Crippen LogP contribution in [-0.2, 0) is 9.59 Å². The van der Waals surface area contributed by atoms with Crippen molar-refractivity contribution in [1.29, 1.82) is 0 Å². The normalized spacial score (nSPS) is 23.4. The Labute approximate surface area is 147 Å². The maximum absolute atomic E-state index is 12.3. The SMILES string of the molecule is O=C(NC1CCCCC1)c1ccc(NC(=O)C2CCC2C(=O)O)cc1. The average molecular weight is 344 g/mol. The Hall–Kier alpha value is -2.37. The van der Waals surface area contributed by atoms with Crippen molar-refractivity contribution in [2.75, 3.05) is 5.32 Å². The first-order valence-corrected chi connectivity index (χ1v) is 8.99. The molecule has 25 heavy (non-hydrogen) atoms. The molecule has 0 aliphatic heterocycles. The smallest absolute Gasteiger partial charge is 0.307 e. The van der Waals surface area contributed by atoms with E-state index in [-0.39, 0.29) is 17.9 Å². The molecule has 0 spiro atoms. The molecule has 3 N–H and O–H groups in total. The number of hydrogen-bond donors (Lipinski definition) is 3. The van der Waals surface area contributed by atoms with Gasteiger partial charge in [0.25, 0.3) is 5.91 Å². The van der Waals surface area contributed by atoms with Crippen molar-refractivity contribution in [3.8, 4) is 0 Å². The fourth-order valence-corrected chi connectivity index (χ4v) is 3.56. The summed E-state index contributed by atoms with van der Waals surface area (Å²) >= 11 is 0. The van der Waals surface area contributed by atoms with Crippen LogP contribution in [0.1, 0.15) is 55.3 Å². The van der Waals surface area contributed by atoms with Crippen LogP contribution in [0, 0.1) is 11.8 Å². The summed E-state index contributed by atoms with van der Waals surface area (Å²) in [5.74, 6) is -2.32. The molecule has 0 saturated heterocycles. The molecule has 134 valence electrons. The van der Waals surface area contributed by atoms with E-state index < -0.39 is 17.8 Å². The molecule has 6 nitrogen and oxygen atoms in total. The lowest BCUT2D eigenvalue weighted by molar-refractivity contribution is -0.151. The summed E-state index contributed by atoms with van der Waals surface area (Å²) in [6, 6.07) is 6.99. The van der Waals surface area contributed by atoms with E-state index in [1.54, 1.807) is 24.3 Å². The second-order valence-corrected chi connectivity index (χ2v) is 7.00. The van der Waals surface area contributed by atoms with Gasteiger partial charge in [-0.1, -0.05) is 19.3 Å². The van der Waals surface area contributed by atoms with E-state index in [9.17, 15) is 14.4 Å². The highest BCUT2D eigenvalue weighted by Gasteiger charge is 2.41. The summed E-state index contributed by atoms with van der Waals surface area (Å²) < 4.78 is 0. The molecule has 0 bridgehead atoms. The van der Waals surface area contributed by atoms with E-state index >= 15 is 0 Å². The summed E-state index contributed by atoms with van der Waals surface area (Å²) in [6.45, 7) is 0. The molecule has 0 heterocycles. The van der Waals surface area contributed by atoms with Crippen LogP contribution in [0.4, 0.5) is 5.69 Å². The van der Waals surface area contributed by atoms with E-state index in [2.05, 4.69) is 10.6 Å². The number of rotatable bonds is 5. The largest absolute Gasteiger partial charge is 0.481 e. The molecular formula is C19H24N2O4. The Morgan fingerprint density at radius 1 is 0.880 bits per heavy atom. The van der Waals surface area contributed by atoms with Crippen LogP contribution in [0.15, 0.2) is 24.3 Å². The number of aliphatic carboxylic acids is 1. The Morgan fingerprint density at radius 3 is 2.08 bits per heavy atom. The summed E-state index contributed by atoms with van der Waals surface area (Å²) in [6.07, 6.45) is 6.78. The van der Waals surface area contributed by atoms with Gasteiger partial charge in [-0.05, 0) is 49.9 Å². The molecule has 6 heteroatoms. The number of anilines is 1. The monoisotopic (exact) mass is 344 g/mol.